The average molecular weight is 380 g/mol. The van der Waals surface area contributed by atoms with E-state index in [-0.39, 0.29) is 17.6 Å². The molecule has 5 nitrogen and oxygen atoms in total. The van der Waals surface area contributed by atoms with Crippen molar-refractivity contribution < 1.29 is 23.1 Å². The first-order valence-corrected chi connectivity index (χ1v) is 8.57. The Kier molecular flexibility index (Phi) is 6.57. The maximum atomic E-state index is 13.2. The molecule has 0 saturated carbocycles. The first-order valence-electron chi connectivity index (χ1n) is 7.59. The lowest BCUT2D eigenvalue weighted by molar-refractivity contribution is -0.113. The molecule has 2 aromatic rings. The van der Waals surface area contributed by atoms with Gasteiger partial charge in [-0.05, 0) is 36.4 Å². The molecule has 0 atom stereocenters. The number of hydrogen-bond acceptors (Lipinski definition) is 4. The van der Waals surface area contributed by atoms with Crippen LogP contribution >= 0.6 is 11.8 Å². The van der Waals surface area contributed by atoms with E-state index in [1.54, 1.807) is 26.2 Å². The molecule has 0 saturated heterocycles. The molecule has 0 fully saturated rings. The van der Waals surface area contributed by atoms with E-state index < -0.39 is 11.6 Å². The number of nitrogens with one attached hydrogen (secondary N) is 1. The lowest BCUT2D eigenvalue weighted by atomic mass is 10.1. The van der Waals surface area contributed by atoms with Gasteiger partial charge in [-0.2, -0.15) is 0 Å². The molecule has 138 valence electrons. The summed E-state index contributed by atoms with van der Waals surface area (Å²) < 4.78 is 31.3. The van der Waals surface area contributed by atoms with Gasteiger partial charge in [-0.25, -0.2) is 8.78 Å². The summed E-state index contributed by atoms with van der Waals surface area (Å²) in [7, 11) is 4.71. The van der Waals surface area contributed by atoms with E-state index in [1.165, 1.54) is 24.1 Å². The Morgan fingerprint density at radius 2 is 1.85 bits per heavy atom. The van der Waals surface area contributed by atoms with Gasteiger partial charge in [0.1, 0.15) is 5.75 Å². The van der Waals surface area contributed by atoms with Gasteiger partial charge in [0, 0.05) is 24.6 Å². The number of methoxy groups -OCH3 is 1. The number of halogens is 2. The van der Waals surface area contributed by atoms with E-state index in [9.17, 15) is 18.4 Å². The fraction of sp³-hybridized carbons (Fsp3) is 0.222. The van der Waals surface area contributed by atoms with Crippen molar-refractivity contribution in [2.75, 3.05) is 32.3 Å². The average Bonchev–Trinajstić information content (AvgIpc) is 2.62. The smallest absolute Gasteiger partial charge is 0.253 e. The van der Waals surface area contributed by atoms with Gasteiger partial charge >= 0.3 is 0 Å². The maximum Gasteiger partial charge on any atom is 0.253 e. The number of benzene rings is 2. The number of nitrogens with zero attached hydrogens (tertiary/aromatic N) is 1. The van der Waals surface area contributed by atoms with Crippen LogP contribution in [0.1, 0.15) is 10.4 Å². The second-order valence-corrected chi connectivity index (χ2v) is 6.58. The summed E-state index contributed by atoms with van der Waals surface area (Å²) in [6, 6.07) is 8.16. The monoisotopic (exact) mass is 380 g/mol. The first kappa shape index (κ1) is 19.7. The number of rotatable bonds is 6. The Labute approximate surface area is 154 Å². The van der Waals surface area contributed by atoms with Gasteiger partial charge in [0.15, 0.2) is 11.6 Å². The third-order valence-corrected chi connectivity index (χ3v) is 4.38. The quantitative estimate of drug-likeness (QED) is 0.781. The molecule has 8 heteroatoms. The normalized spacial score (nSPS) is 10.3. The van der Waals surface area contributed by atoms with E-state index in [1.807, 2.05) is 0 Å². The van der Waals surface area contributed by atoms with Crippen molar-refractivity contribution in [3.05, 3.63) is 53.6 Å². The van der Waals surface area contributed by atoms with Crippen LogP contribution in [0.2, 0.25) is 0 Å². The van der Waals surface area contributed by atoms with Crippen molar-refractivity contribution in [3.63, 3.8) is 0 Å². The van der Waals surface area contributed by atoms with Crippen molar-refractivity contribution in [1.82, 2.24) is 4.90 Å². The third kappa shape index (κ3) is 4.95. The topological polar surface area (TPSA) is 58.6 Å². The van der Waals surface area contributed by atoms with Crippen LogP contribution in [0.4, 0.5) is 14.5 Å². The maximum absolute atomic E-state index is 13.2. The highest BCUT2D eigenvalue weighted by Gasteiger charge is 2.14. The Hall–Kier alpha value is -2.61. The molecule has 1 N–H and O–H groups in total. The highest BCUT2D eigenvalue weighted by atomic mass is 32.2. The number of anilines is 1. The van der Waals surface area contributed by atoms with Gasteiger partial charge in [-0.3, -0.25) is 9.59 Å². The minimum absolute atomic E-state index is 0.0138. The summed E-state index contributed by atoms with van der Waals surface area (Å²) >= 11 is 1.06. The lowest BCUT2D eigenvalue weighted by Crippen LogP contribution is -2.22. The van der Waals surface area contributed by atoms with Gasteiger partial charge in [0.2, 0.25) is 5.91 Å². The summed E-state index contributed by atoms with van der Waals surface area (Å²) in [5.41, 5.74) is 0.760. The van der Waals surface area contributed by atoms with Crippen molar-refractivity contribution in [2.45, 2.75) is 4.90 Å². The largest absolute Gasteiger partial charge is 0.495 e. The van der Waals surface area contributed by atoms with Gasteiger partial charge < -0.3 is 15.0 Å². The molecule has 2 aromatic carbocycles. The van der Waals surface area contributed by atoms with E-state index in [4.69, 9.17) is 4.74 Å². The van der Waals surface area contributed by atoms with Crippen LogP contribution in [-0.4, -0.2) is 43.7 Å². The van der Waals surface area contributed by atoms with Crippen LogP contribution in [0.5, 0.6) is 5.75 Å². The molecular weight excluding hydrogens is 362 g/mol. The molecule has 0 heterocycles. The predicted molar refractivity (Wildman–Crippen MR) is 96.7 cm³/mol. The fourth-order valence-electron chi connectivity index (χ4n) is 2.10. The molecule has 0 radical (unpaired) electrons. The van der Waals surface area contributed by atoms with Crippen LogP contribution < -0.4 is 10.1 Å². The zero-order valence-corrected chi connectivity index (χ0v) is 15.3. The Morgan fingerprint density at radius 1 is 1.12 bits per heavy atom. The summed E-state index contributed by atoms with van der Waals surface area (Å²) in [4.78, 5) is 26.1. The highest BCUT2D eigenvalue weighted by molar-refractivity contribution is 8.00. The van der Waals surface area contributed by atoms with E-state index in [2.05, 4.69) is 5.32 Å². The zero-order valence-electron chi connectivity index (χ0n) is 14.5. The van der Waals surface area contributed by atoms with Gasteiger partial charge in [-0.15, -0.1) is 11.8 Å². The number of carbonyl (C=O) groups is 2. The minimum atomic E-state index is -0.966. The molecule has 2 amide bonds. The predicted octanol–water partition coefficient (Wildman–Crippen LogP) is 3.41. The number of ether oxygens (including phenoxy) is 1. The summed E-state index contributed by atoms with van der Waals surface area (Å²) in [6.45, 7) is 0. The molecule has 2 rings (SSSR count). The lowest BCUT2D eigenvalue weighted by Gasteiger charge is -2.14. The molecule has 0 bridgehead atoms. The standard InChI is InChI=1S/C18H18F2N2O3S/c1-22(2)18(24)11-4-7-16(25-3)15(8-11)21-17(23)10-26-12-5-6-13(19)14(20)9-12/h4-9H,10H2,1-3H3,(H,21,23). The van der Waals surface area contributed by atoms with Crippen LogP contribution in [0.25, 0.3) is 0 Å². The molecular formula is C18H18F2N2O3S. The van der Waals surface area contributed by atoms with Crippen molar-refractivity contribution in [1.29, 1.82) is 0 Å². The van der Waals surface area contributed by atoms with Gasteiger partial charge in [0.05, 0.1) is 18.6 Å². The highest BCUT2D eigenvalue weighted by Crippen LogP contribution is 2.27. The zero-order chi connectivity index (χ0) is 19.3. The van der Waals surface area contributed by atoms with Gasteiger partial charge in [0.25, 0.3) is 5.91 Å². The fourth-order valence-corrected chi connectivity index (χ4v) is 2.82. The van der Waals surface area contributed by atoms with Crippen molar-refractivity contribution in [3.8, 4) is 5.75 Å². The van der Waals surface area contributed by atoms with E-state index in [0.717, 1.165) is 23.9 Å². The SMILES string of the molecule is COc1ccc(C(=O)N(C)C)cc1NC(=O)CSc1ccc(F)c(F)c1. The molecule has 0 spiro atoms. The molecule has 0 aromatic heterocycles. The summed E-state index contributed by atoms with van der Waals surface area (Å²) in [6.07, 6.45) is 0. The third-order valence-electron chi connectivity index (χ3n) is 3.39. The first-order chi connectivity index (χ1) is 12.3. The Morgan fingerprint density at radius 3 is 2.46 bits per heavy atom. The number of amides is 2. The Bertz CT molecular complexity index is 828. The second kappa shape index (κ2) is 8.66. The van der Waals surface area contributed by atoms with Crippen molar-refractivity contribution >= 4 is 29.3 Å². The van der Waals surface area contributed by atoms with E-state index in [0.29, 0.717) is 21.9 Å². The number of carbonyl (C=O) groups excluding carboxylic acids is 2. The van der Waals surface area contributed by atoms with Crippen LogP contribution in [0, 0.1) is 11.6 Å². The molecule has 0 aliphatic carbocycles. The summed E-state index contributed by atoms with van der Waals surface area (Å²) in [5.74, 6) is -2.09. The van der Waals surface area contributed by atoms with Crippen LogP contribution in [0.3, 0.4) is 0 Å². The van der Waals surface area contributed by atoms with Crippen LogP contribution in [0.15, 0.2) is 41.3 Å². The molecule has 0 unspecified atom stereocenters. The summed E-state index contributed by atoms with van der Waals surface area (Å²) in [5, 5.41) is 2.67. The Balaban J connectivity index is 2.08. The van der Waals surface area contributed by atoms with Crippen molar-refractivity contribution in [2.24, 2.45) is 0 Å². The minimum Gasteiger partial charge on any atom is -0.495 e. The molecule has 26 heavy (non-hydrogen) atoms. The number of thioether (sulfide) groups is 1. The molecule has 0 aliphatic rings. The number of hydrogen-bond donors (Lipinski definition) is 1. The van der Waals surface area contributed by atoms with E-state index >= 15 is 0 Å². The second-order valence-electron chi connectivity index (χ2n) is 5.53. The molecule has 0 aliphatic heterocycles. The van der Waals surface area contributed by atoms with Crippen LogP contribution in [-0.2, 0) is 4.79 Å². The van der Waals surface area contributed by atoms with Gasteiger partial charge in [-0.1, -0.05) is 0 Å².